The molecule has 0 atom stereocenters. The number of para-hydroxylation sites is 1. The van der Waals surface area contributed by atoms with Crippen molar-refractivity contribution in [2.24, 2.45) is 0 Å². The van der Waals surface area contributed by atoms with Gasteiger partial charge in [-0.2, -0.15) is 9.97 Å². The van der Waals surface area contributed by atoms with Gasteiger partial charge in [-0.1, -0.05) is 194 Å². The lowest BCUT2D eigenvalue weighted by Gasteiger charge is -2.13. The van der Waals surface area contributed by atoms with Gasteiger partial charge in [0.1, 0.15) is 0 Å². The summed E-state index contributed by atoms with van der Waals surface area (Å²) in [6.07, 6.45) is 0. The molecule has 55 heavy (non-hydrogen) atoms. The van der Waals surface area contributed by atoms with Gasteiger partial charge in [-0.15, -0.1) is 0 Å². The molecule has 8 aromatic carbocycles. The molecule has 0 bridgehead atoms. The Bertz CT molecular complexity index is 3070. The largest absolute Gasteiger partial charge is 0.278 e. The van der Waals surface area contributed by atoms with Gasteiger partial charge in [0.2, 0.25) is 5.95 Å². The molecule has 0 N–H and O–H groups in total. The van der Waals surface area contributed by atoms with E-state index in [1.54, 1.807) is 4.57 Å². The molecule has 0 saturated heterocycles. The molecule has 0 aliphatic carbocycles. The maximum atomic E-state index is 9.28. The monoisotopic (exact) mass is 706 g/mol. The number of fused-ring (bicyclic) bond motifs is 3. The molecule has 258 valence electrons. The molecule has 0 aliphatic heterocycles. The van der Waals surface area contributed by atoms with Crippen molar-refractivity contribution >= 4 is 21.8 Å². The van der Waals surface area contributed by atoms with Crippen molar-refractivity contribution in [1.82, 2.24) is 19.5 Å². The van der Waals surface area contributed by atoms with Gasteiger partial charge in [-0.05, 0) is 56.6 Å². The molecule has 0 radical (unpaired) electrons. The average molecular weight is 707 g/mol. The highest BCUT2D eigenvalue weighted by Crippen LogP contribution is 2.38. The van der Waals surface area contributed by atoms with Crippen LogP contribution >= 0.6 is 0 Å². The summed E-state index contributed by atoms with van der Waals surface area (Å²) < 4.78 is 37.6. The zero-order chi connectivity index (χ0) is 40.0. The molecule has 4 nitrogen and oxygen atoms in total. The summed E-state index contributed by atoms with van der Waals surface area (Å²) in [5.41, 5.74) is 10.8. The van der Waals surface area contributed by atoms with Gasteiger partial charge in [0.05, 0.1) is 16.5 Å². The van der Waals surface area contributed by atoms with Gasteiger partial charge < -0.3 is 0 Å². The summed E-state index contributed by atoms with van der Waals surface area (Å²) in [5.74, 6) is 1.10. The normalized spacial score (nSPS) is 12.3. The van der Waals surface area contributed by atoms with Crippen LogP contribution in [0.1, 0.15) is 5.48 Å². The highest BCUT2D eigenvalue weighted by Gasteiger charge is 2.19. The molecule has 0 unspecified atom stereocenters. The number of hydrogen-bond acceptors (Lipinski definition) is 3. The second kappa shape index (κ2) is 13.8. The second-order valence-corrected chi connectivity index (χ2v) is 13.4. The minimum Gasteiger partial charge on any atom is -0.278 e. The number of rotatable bonds is 7. The van der Waals surface area contributed by atoms with Crippen LogP contribution in [-0.4, -0.2) is 19.5 Å². The van der Waals surface area contributed by atoms with E-state index in [0.29, 0.717) is 33.5 Å². The fourth-order valence-electron chi connectivity index (χ4n) is 7.30. The van der Waals surface area contributed by atoms with Crippen LogP contribution in [-0.2, 0) is 0 Å². The molecule has 0 spiro atoms. The van der Waals surface area contributed by atoms with E-state index in [1.165, 1.54) is 0 Å². The van der Waals surface area contributed by atoms with Crippen molar-refractivity contribution in [1.29, 1.82) is 0 Å². The molecule has 0 saturated carbocycles. The van der Waals surface area contributed by atoms with Gasteiger partial charge in [-0.3, -0.25) is 4.57 Å². The summed E-state index contributed by atoms with van der Waals surface area (Å²) in [4.78, 5) is 15.3. The quantitative estimate of drug-likeness (QED) is 0.166. The average Bonchev–Trinajstić information content (AvgIpc) is 3.66. The summed E-state index contributed by atoms with van der Waals surface area (Å²) in [5, 5.41) is 1.06. The van der Waals surface area contributed by atoms with Crippen LogP contribution in [0.4, 0.5) is 0 Å². The number of aromatic nitrogens is 4. The second-order valence-electron chi connectivity index (χ2n) is 13.4. The molecular weight excluding hydrogens is 669 g/mol. The summed E-state index contributed by atoms with van der Waals surface area (Å²) in [6, 6.07) is 60.1. The Balaban J connectivity index is 1.23. The molecule has 2 heterocycles. The first-order chi connectivity index (χ1) is 28.9. The first-order valence-corrected chi connectivity index (χ1v) is 18.2. The lowest BCUT2D eigenvalue weighted by molar-refractivity contribution is 0.953. The fraction of sp³-hybridized carbons (Fsp3) is 0. The smallest absolute Gasteiger partial charge is 0.238 e. The highest BCUT2D eigenvalue weighted by atomic mass is 15.2. The Kier molecular flexibility index (Phi) is 7.08. The SMILES string of the molecule is [2H]c1c([2H])c([2H])c2c(c1[2H])c1ccc(-c3ccccc3-c3ccccc3)cc1n2-c1nc(-c2ccc(-c3ccccc3)cc2)nc(-c2ccc(-c3ccccc3)cc2)n1. The minimum absolute atomic E-state index is 0.121. The Hall–Kier alpha value is -7.43. The van der Waals surface area contributed by atoms with E-state index in [1.807, 2.05) is 109 Å². The highest BCUT2D eigenvalue weighted by molar-refractivity contribution is 6.10. The van der Waals surface area contributed by atoms with Crippen molar-refractivity contribution in [2.45, 2.75) is 0 Å². The van der Waals surface area contributed by atoms with E-state index in [-0.39, 0.29) is 30.1 Å². The predicted octanol–water partition coefficient (Wildman–Crippen LogP) is 13.0. The molecular formula is C51H34N4. The maximum Gasteiger partial charge on any atom is 0.238 e. The number of hydrogen-bond donors (Lipinski definition) is 0. The van der Waals surface area contributed by atoms with Crippen molar-refractivity contribution in [3.05, 3.63) is 206 Å². The van der Waals surface area contributed by atoms with Crippen molar-refractivity contribution in [3.8, 4) is 73.2 Å². The topological polar surface area (TPSA) is 43.6 Å². The lowest BCUT2D eigenvalue weighted by atomic mass is 9.94. The van der Waals surface area contributed by atoms with Gasteiger partial charge in [0.25, 0.3) is 0 Å². The maximum absolute atomic E-state index is 9.28. The van der Waals surface area contributed by atoms with E-state index in [9.17, 15) is 1.37 Å². The summed E-state index contributed by atoms with van der Waals surface area (Å²) in [6.45, 7) is 0. The third-order valence-electron chi connectivity index (χ3n) is 10.0. The lowest BCUT2D eigenvalue weighted by Crippen LogP contribution is -2.06. The van der Waals surface area contributed by atoms with E-state index >= 15 is 0 Å². The Labute approximate surface area is 325 Å². The first kappa shape index (κ1) is 28.1. The van der Waals surface area contributed by atoms with E-state index < -0.39 is 0 Å². The fourth-order valence-corrected chi connectivity index (χ4v) is 7.30. The van der Waals surface area contributed by atoms with Crippen LogP contribution < -0.4 is 0 Å². The Morgan fingerprint density at radius 2 is 0.782 bits per heavy atom. The van der Waals surface area contributed by atoms with E-state index in [2.05, 4.69) is 72.8 Å². The molecule has 0 amide bonds. The van der Waals surface area contributed by atoms with Crippen LogP contribution in [0.5, 0.6) is 0 Å². The van der Waals surface area contributed by atoms with Crippen LogP contribution in [0.3, 0.4) is 0 Å². The molecule has 4 heteroatoms. The van der Waals surface area contributed by atoms with Crippen LogP contribution in [0.25, 0.3) is 95.0 Å². The molecule has 2 aromatic heterocycles. The van der Waals surface area contributed by atoms with Gasteiger partial charge >= 0.3 is 0 Å². The molecule has 10 aromatic rings. The van der Waals surface area contributed by atoms with E-state index in [0.717, 1.165) is 55.6 Å². The third-order valence-corrected chi connectivity index (χ3v) is 10.0. The first-order valence-electron chi connectivity index (χ1n) is 20.2. The van der Waals surface area contributed by atoms with Gasteiger partial charge in [0.15, 0.2) is 11.6 Å². The standard InChI is InChI=1S/C51H34N4/c1-4-14-35(15-5-1)37-24-28-40(29-25-37)49-52-50(41-30-26-38(27-31-41)36-16-6-2-7-17-36)54-51(53-49)55-47-23-13-12-22-45(47)46-33-32-42(34-48(46)55)44-21-11-10-20-43(44)39-18-8-3-9-19-39/h1-34H/i12D,13D,22D,23D. The summed E-state index contributed by atoms with van der Waals surface area (Å²) >= 11 is 0. The van der Waals surface area contributed by atoms with Crippen molar-refractivity contribution < 1.29 is 5.48 Å². The van der Waals surface area contributed by atoms with Gasteiger partial charge in [0, 0.05) is 21.9 Å². The summed E-state index contributed by atoms with van der Waals surface area (Å²) in [7, 11) is 0. The third kappa shape index (κ3) is 6.06. The Morgan fingerprint density at radius 3 is 1.35 bits per heavy atom. The minimum atomic E-state index is -0.330. The van der Waals surface area contributed by atoms with Crippen LogP contribution in [0, 0.1) is 0 Å². The van der Waals surface area contributed by atoms with Crippen molar-refractivity contribution in [2.75, 3.05) is 0 Å². The number of nitrogens with zero attached hydrogens (tertiary/aromatic N) is 4. The number of benzene rings is 8. The van der Waals surface area contributed by atoms with Crippen molar-refractivity contribution in [3.63, 3.8) is 0 Å². The molecule has 10 rings (SSSR count). The Morgan fingerprint density at radius 1 is 0.345 bits per heavy atom. The zero-order valence-corrected chi connectivity index (χ0v) is 29.6. The molecule has 0 fully saturated rings. The van der Waals surface area contributed by atoms with E-state index in [4.69, 9.17) is 19.1 Å². The molecule has 0 aliphatic rings. The van der Waals surface area contributed by atoms with Gasteiger partial charge in [-0.25, -0.2) is 4.98 Å². The van der Waals surface area contributed by atoms with Crippen LogP contribution in [0.2, 0.25) is 0 Å². The predicted molar refractivity (Wildman–Crippen MR) is 227 cm³/mol. The zero-order valence-electron chi connectivity index (χ0n) is 33.6. The van der Waals surface area contributed by atoms with Crippen LogP contribution in [0.15, 0.2) is 206 Å².